The van der Waals surface area contributed by atoms with E-state index in [1.54, 1.807) is 0 Å². The van der Waals surface area contributed by atoms with Crippen LogP contribution in [0.25, 0.3) is 0 Å². The SMILES string of the molecule is CC(C)NCC=CCN(C)C. The van der Waals surface area contributed by atoms with Crippen molar-refractivity contribution in [2.24, 2.45) is 0 Å². The first kappa shape index (κ1) is 10.7. The fraction of sp³-hybridized carbons (Fsp3) is 0.778. The molecule has 0 fully saturated rings. The molecular formula is C9H20N2. The Bertz CT molecular complexity index is 106. The van der Waals surface area contributed by atoms with Crippen molar-refractivity contribution in [2.45, 2.75) is 19.9 Å². The Balaban J connectivity index is 3.17. The lowest BCUT2D eigenvalue weighted by molar-refractivity contribution is 0.456. The van der Waals surface area contributed by atoms with Crippen molar-refractivity contribution in [1.82, 2.24) is 10.2 Å². The lowest BCUT2D eigenvalue weighted by Gasteiger charge is -2.05. The quantitative estimate of drug-likeness (QED) is 0.600. The van der Waals surface area contributed by atoms with E-state index in [4.69, 9.17) is 0 Å². The number of hydrogen-bond acceptors (Lipinski definition) is 2. The minimum atomic E-state index is 0.582. The van der Waals surface area contributed by atoms with Crippen molar-refractivity contribution in [2.75, 3.05) is 27.2 Å². The predicted octanol–water partition coefficient (Wildman–Crippen LogP) is 1.10. The molecule has 0 rings (SSSR count). The fourth-order valence-electron chi connectivity index (χ4n) is 0.672. The summed E-state index contributed by atoms with van der Waals surface area (Å²) < 4.78 is 0. The first-order valence-electron chi connectivity index (χ1n) is 4.16. The van der Waals surface area contributed by atoms with Crippen molar-refractivity contribution in [3.8, 4) is 0 Å². The van der Waals surface area contributed by atoms with Gasteiger partial charge in [-0.1, -0.05) is 26.0 Å². The van der Waals surface area contributed by atoms with Gasteiger partial charge in [0.25, 0.3) is 0 Å². The van der Waals surface area contributed by atoms with Crippen molar-refractivity contribution in [1.29, 1.82) is 0 Å². The van der Waals surface area contributed by atoms with Gasteiger partial charge < -0.3 is 10.2 Å². The summed E-state index contributed by atoms with van der Waals surface area (Å²) in [5.41, 5.74) is 0. The van der Waals surface area contributed by atoms with Crippen LogP contribution in [0.5, 0.6) is 0 Å². The van der Waals surface area contributed by atoms with Crippen LogP contribution < -0.4 is 5.32 Å². The third kappa shape index (κ3) is 9.66. The average Bonchev–Trinajstić information content (AvgIpc) is 1.85. The highest BCUT2D eigenvalue weighted by Crippen LogP contribution is 1.79. The van der Waals surface area contributed by atoms with Crippen LogP contribution in [-0.2, 0) is 0 Å². The summed E-state index contributed by atoms with van der Waals surface area (Å²) in [4.78, 5) is 2.14. The summed E-state index contributed by atoms with van der Waals surface area (Å²) in [7, 11) is 4.14. The van der Waals surface area contributed by atoms with E-state index in [2.05, 4.69) is 50.3 Å². The topological polar surface area (TPSA) is 15.3 Å². The summed E-state index contributed by atoms with van der Waals surface area (Å²) in [5.74, 6) is 0. The Morgan fingerprint density at radius 1 is 1.27 bits per heavy atom. The second-order valence-electron chi connectivity index (χ2n) is 3.30. The van der Waals surface area contributed by atoms with E-state index in [0.717, 1.165) is 13.1 Å². The molecule has 0 atom stereocenters. The van der Waals surface area contributed by atoms with E-state index >= 15 is 0 Å². The third-order valence-corrected chi connectivity index (χ3v) is 1.28. The van der Waals surface area contributed by atoms with Crippen LogP contribution in [0.4, 0.5) is 0 Å². The second-order valence-corrected chi connectivity index (χ2v) is 3.30. The fourth-order valence-corrected chi connectivity index (χ4v) is 0.672. The second kappa shape index (κ2) is 6.38. The van der Waals surface area contributed by atoms with Gasteiger partial charge in [0.15, 0.2) is 0 Å². The highest BCUT2D eigenvalue weighted by Gasteiger charge is 1.86. The van der Waals surface area contributed by atoms with Crippen LogP contribution in [0.3, 0.4) is 0 Å². The summed E-state index contributed by atoms with van der Waals surface area (Å²) in [6, 6.07) is 0.582. The zero-order valence-corrected chi connectivity index (χ0v) is 8.09. The predicted molar refractivity (Wildman–Crippen MR) is 50.8 cm³/mol. The lowest BCUT2D eigenvalue weighted by Crippen LogP contribution is -2.22. The summed E-state index contributed by atoms with van der Waals surface area (Å²) in [6.45, 7) is 6.31. The lowest BCUT2D eigenvalue weighted by atomic mass is 10.4. The van der Waals surface area contributed by atoms with E-state index in [1.807, 2.05) is 0 Å². The molecule has 66 valence electrons. The van der Waals surface area contributed by atoms with Gasteiger partial charge in [0.2, 0.25) is 0 Å². The molecule has 0 bridgehead atoms. The molecule has 0 aromatic rings. The normalized spacial score (nSPS) is 12.2. The number of nitrogens with zero attached hydrogens (tertiary/aromatic N) is 1. The molecule has 0 aromatic heterocycles. The largest absolute Gasteiger partial charge is 0.311 e. The molecule has 11 heavy (non-hydrogen) atoms. The Labute approximate surface area is 70.3 Å². The average molecular weight is 156 g/mol. The minimum Gasteiger partial charge on any atom is -0.311 e. The Morgan fingerprint density at radius 3 is 2.36 bits per heavy atom. The first-order chi connectivity index (χ1) is 5.13. The van der Waals surface area contributed by atoms with Crippen molar-refractivity contribution in [3.05, 3.63) is 12.2 Å². The maximum absolute atomic E-state index is 3.31. The number of rotatable bonds is 5. The van der Waals surface area contributed by atoms with Crippen LogP contribution in [0.2, 0.25) is 0 Å². The molecule has 1 N–H and O–H groups in total. The molecule has 2 heteroatoms. The van der Waals surface area contributed by atoms with Gasteiger partial charge in [-0.3, -0.25) is 0 Å². The zero-order valence-electron chi connectivity index (χ0n) is 8.09. The molecular weight excluding hydrogens is 136 g/mol. The molecule has 0 heterocycles. The third-order valence-electron chi connectivity index (χ3n) is 1.28. The van der Waals surface area contributed by atoms with E-state index in [9.17, 15) is 0 Å². The van der Waals surface area contributed by atoms with Crippen LogP contribution >= 0.6 is 0 Å². The standard InChI is InChI=1S/C9H20N2/c1-9(2)10-7-5-6-8-11(3)4/h5-6,9-10H,7-8H2,1-4H3. The van der Waals surface area contributed by atoms with Gasteiger partial charge >= 0.3 is 0 Å². The van der Waals surface area contributed by atoms with Crippen molar-refractivity contribution >= 4 is 0 Å². The number of likely N-dealkylation sites (N-methyl/N-ethyl adjacent to an activating group) is 1. The van der Waals surface area contributed by atoms with Crippen molar-refractivity contribution in [3.63, 3.8) is 0 Å². The van der Waals surface area contributed by atoms with E-state index < -0.39 is 0 Å². The van der Waals surface area contributed by atoms with Gasteiger partial charge in [-0.15, -0.1) is 0 Å². The Morgan fingerprint density at radius 2 is 1.91 bits per heavy atom. The van der Waals surface area contributed by atoms with Gasteiger partial charge in [0, 0.05) is 19.1 Å². The Kier molecular flexibility index (Phi) is 6.18. The minimum absolute atomic E-state index is 0.582. The smallest absolute Gasteiger partial charge is 0.0157 e. The first-order valence-corrected chi connectivity index (χ1v) is 4.16. The van der Waals surface area contributed by atoms with Gasteiger partial charge in [0.05, 0.1) is 0 Å². The van der Waals surface area contributed by atoms with Crippen LogP contribution in [0.1, 0.15) is 13.8 Å². The molecule has 2 nitrogen and oxygen atoms in total. The molecule has 0 aliphatic carbocycles. The maximum Gasteiger partial charge on any atom is 0.0157 e. The number of hydrogen-bond donors (Lipinski definition) is 1. The molecule has 0 aliphatic heterocycles. The number of nitrogens with one attached hydrogen (secondary N) is 1. The summed E-state index contributed by atoms with van der Waals surface area (Å²) in [6.07, 6.45) is 4.34. The van der Waals surface area contributed by atoms with Crippen LogP contribution in [0, 0.1) is 0 Å². The molecule has 0 saturated heterocycles. The summed E-state index contributed by atoms with van der Waals surface area (Å²) in [5, 5.41) is 3.31. The monoisotopic (exact) mass is 156 g/mol. The molecule has 0 saturated carbocycles. The molecule has 0 aliphatic rings. The summed E-state index contributed by atoms with van der Waals surface area (Å²) >= 11 is 0. The molecule has 0 radical (unpaired) electrons. The van der Waals surface area contributed by atoms with Crippen LogP contribution in [0.15, 0.2) is 12.2 Å². The molecule has 0 aromatic carbocycles. The highest BCUT2D eigenvalue weighted by atomic mass is 15.0. The van der Waals surface area contributed by atoms with E-state index in [0.29, 0.717) is 6.04 Å². The van der Waals surface area contributed by atoms with Gasteiger partial charge in [-0.25, -0.2) is 0 Å². The molecule has 0 spiro atoms. The molecule has 0 unspecified atom stereocenters. The van der Waals surface area contributed by atoms with Crippen molar-refractivity contribution < 1.29 is 0 Å². The van der Waals surface area contributed by atoms with Gasteiger partial charge in [-0.05, 0) is 14.1 Å². The van der Waals surface area contributed by atoms with Gasteiger partial charge in [0.1, 0.15) is 0 Å². The zero-order chi connectivity index (χ0) is 8.69. The van der Waals surface area contributed by atoms with Crippen LogP contribution in [-0.4, -0.2) is 38.1 Å². The van der Waals surface area contributed by atoms with E-state index in [1.165, 1.54) is 0 Å². The molecule has 0 amide bonds. The highest BCUT2D eigenvalue weighted by molar-refractivity contribution is 4.85. The van der Waals surface area contributed by atoms with Gasteiger partial charge in [-0.2, -0.15) is 0 Å². The maximum atomic E-state index is 3.31. The van der Waals surface area contributed by atoms with E-state index in [-0.39, 0.29) is 0 Å². The Hall–Kier alpha value is -0.340.